The summed E-state index contributed by atoms with van der Waals surface area (Å²) in [6, 6.07) is 9.72. The van der Waals surface area contributed by atoms with Crippen LogP contribution in [0.2, 0.25) is 0 Å². The highest BCUT2D eigenvalue weighted by atomic mass is 16.5. The Bertz CT molecular complexity index is 425. The molecule has 0 spiro atoms. The number of ketones is 1. The largest absolute Gasteiger partial charge is 0.468 e. The Morgan fingerprint density at radius 1 is 1.17 bits per heavy atom. The molecule has 3 nitrogen and oxygen atoms in total. The predicted molar refractivity (Wildman–Crippen MR) is 68.2 cm³/mol. The van der Waals surface area contributed by atoms with E-state index in [0.717, 1.165) is 24.8 Å². The second-order valence-electron chi connectivity index (χ2n) is 4.73. The SMILES string of the molecule is COC(=O)[C@H]1CCCC[C@H](c2ccccc2)C1=O. The number of rotatable bonds is 2. The normalized spacial score (nSPS) is 24.4. The molecule has 1 aromatic rings. The van der Waals surface area contributed by atoms with E-state index in [1.807, 2.05) is 30.3 Å². The zero-order valence-electron chi connectivity index (χ0n) is 10.6. The highest BCUT2D eigenvalue weighted by Crippen LogP contribution is 2.32. The molecule has 0 bridgehead atoms. The minimum absolute atomic E-state index is 0.0190. The van der Waals surface area contributed by atoms with Gasteiger partial charge in [0.25, 0.3) is 0 Å². The molecule has 1 aliphatic rings. The molecule has 0 aliphatic heterocycles. The van der Waals surface area contributed by atoms with Crippen molar-refractivity contribution in [2.24, 2.45) is 5.92 Å². The molecule has 2 atom stereocenters. The summed E-state index contributed by atoms with van der Waals surface area (Å²) >= 11 is 0. The average molecular weight is 246 g/mol. The maximum atomic E-state index is 12.4. The van der Waals surface area contributed by atoms with Gasteiger partial charge in [0.2, 0.25) is 0 Å². The second kappa shape index (κ2) is 5.80. The first-order valence-corrected chi connectivity index (χ1v) is 6.40. The Labute approximate surface area is 107 Å². The lowest BCUT2D eigenvalue weighted by Gasteiger charge is -2.17. The van der Waals surface area contributed by atoms with Crippen LogP contribution in [0.25, 0.3) is 0 Å². The molecular formula is C15H18O3. The highest BCUT2D eigenvalue weighted by Gasteiger charge is 2.35. The highest BCUT2D eigenvalue weighted by molar-refractivity contribution is 6.02. The first-order valence-electron chi connectivity index (χ1n) is 6.40. The lowest BCUT2D eigenvalue weighted by atomic mass is 9.86. The average Bonchev–Trinajstić information content (AvgIpc) is 2.61. The number of benzene rings is 1. The fourth-order valence-corrected chi connectivity index (χ4v) is 2.62. The molecule has 3 heteroatoms. The van der Waals surface area contributed by atoms with Gasteiger partial charge in [-0.1, -0.05) is 43.2 Å². The van der Waals surface area contributed by atoms with Gasteiger partial charge in [-0.2, -0.15) is 0 Å². The smallest absolute Gasteiger partial charge is 0.316 e. The monoisotopic (exact) mass is 246 g/mol. The van der Waals surface area contributed by atoms with Crippen LogP contribution in [-0.4, -0.2) is 18.9 Å². The van der Waals surface area contributed by atoms with Gasteiger partial charge in [-0.3, -0.25) is 9.59 Å². The Hall–Kier alpha value is -1.64. The van der Waals surface area contributed by atoms with Crippen LogP contribution in [0.5, 0.6) is 0 Å². The van der Waals surface area contributed by atoms with Gasteiger partial charge in [0, 0.05) is 5.92 Å². The van der Waals surface area contributed by atoms with E-state index >= 15 is 0 Å². The third-order valence-corrected chi connectivity index (χ3v) is 3.61. The Balaban J connectivity index is 2.25. The first kappa shape index (κ1) is 12.8. The molecule has 0 saturated heterocycles. The molecule has 18 heavy (non-hydrogen) atoms. The molecule has 1 aliphatic carbocycles. The van der Waals surface area contributed by atoms with E-state index in [4.69, 9.17) is 4.74 Å². The number of hydrogen-bond acceptors (Lipinski definition) is 3. The van der Waals surface area contributed by atoms with E-state index in [2.05, 4.69) is 0 Å². The third kappa shape index (κ3) is 2.61. The Morgan fingerprint density at radius 3 is 2.50 bits per heavy atom. The van der Waals surface area contributed by atoms with Gasteiger partial charge in [0.1, 0.15) is 5.92 Å². The van der Waals surface area contributed by atoms with Crippen LogP contribution in [-0.2, 0) is 14.3 Å². The van der Waals surface area contributed by atoms with Crippen molar-refractivity contribution in [3.63, 3.8) is 0 Å². The Morgan fingerprint density at radius 2 is 1.83 bits per heavy atom. The molecule has 1 aromatic carbocycles. The van der Waals surface area contributed by atoms with Gasteiger partial charge in [-0.05, 0) is 18.4 Å². The number of esters is 1. The van der Waals surface area contributed by atoms with E-state index in [1.54, 1.807) is 0 Å². The number of methoxy groups -OCH3 is 1. The van der Waals surface area contributed by atoms with E-state index in [9.17, 15) is 9.59 Å². The molecule has 96 valence electrons. The molecular weight excluding hydrogens is 228 g/mol. The van der Waals surface area contributed by atoms with E-state index in [1.165, 1.54) is 7.11 Å². The van der Waals surface area contributed by atoms with Crippen LogP contribution in [0, 0.1) is 5.92 Å². The van der Waals surface area contributed by atoms with Crippen LogP contribution < -0.4 is 0 Å². The van der Waals surface area contributed by atoms with Crippen molar-refractivity contribution >= 4 is 11.8 Å². The standard InChI is InChI=1S/C15H18O3/c1-18-15(17)13-10-6-5-9-12(14(13)16)11-7-3-2-4-8-11/h2-4,7-8,12-13H,5-6,9-10H2,1H3/t12-,13+/m1/s1. The van der Waals surface area contributed by atoms with Crippen molar-refractivity contribution in [1.29, 1.82) is 0 Å². The van der Waals surface area contributed by atoms with Gasteiger partial charge in [-0.25, -0.2) is 0 Å². The van der Waals surface area contributed by atoms with Gasteiger partial charge >= 0.3 is 5.97 Å². The summed E-state index contributed by atoms with van der Waals surface area (Å²) in [5.74, 6) is -1.10. The summed E-state index contributed by atoms with van der Waals surface area (Å²) < 4.78 is 4.74. The molecule has 1 saturated carbocycles. The van der Waals surface area contributed by atoms with E-state index in [0.29, 0.717) is 6.42 Å². The minimum Gasteiger partial charge on any atom is -0.468 e. The van der Waals surface area contributed by atoms with Crippen molar-refractivity contribution < 1.29 is 14.3 Å². The Kier molecular flexibility index (Phi) is 4.13. The molecule has 0 aromatic heterocycles. The van der Waals surface area contributed by atoms with Crippen molar-refractivity contribution in [3.8, 4) is 0 Å². The lowest BCUT2D eigenvalue weighted by molar-refractivity contribution is -0.149. The lowest BCUT2D eigenvalue weighted by Crippen LogP contribution is -2.28. The van der Waals surface area contributed by atoms with Crippen molar-refractivity contribution in [3.05, 3.63) is 35.9 Å². The number of hydrogen-bond donors (Lipinski definition) is 0. The van der Waals surface area contributed by atoms with E-state index in [-0.39, 0.29) is 17.7 Å². The van der Waals surface area contributed by atoms with Gasteiger partial charge in [0.15, 0.2) is 5.78 Å². The summed E-state index contributed by atoms with van der Waals surface area (Å²) in [6.45, 7) is 0. The number of carbonyl (C=O) groups is 2. The van der Waals surface area contributed by atoms with Crippen LogP contribution >= 0.6 is 0 Å². The van der Waals surface area contributed by atoms with Crippen LogP contribution in [0.4, 0.5) is 0 Å². The number of Topliss-reactive ketones (excluding diaryl/α,β-unsaturated/α-hetero) is 1. The topological polar surface area (TPSA) is 43.4 Å². The summed E-state index contributed by atoms with van der Waals surface area (Å²) in [5.41, 5.74) is 1.01. The van der Waals surface area contributed by atoms with E-state index < -0.39 is 5.92 Å². The van der Waals surface area contributed by atoms with Gasteiger partial charge in [0.05, 0.1) is 7.11 Å². The summed E-state index contributed by atoms with van der Waals surface area (Å²) in [7, 11) is 1.35. The minimum atomic E-state index is -0.581. The molecule has 2 rings (SSSR count). The fraction of sp³-hybridized carbons (Fsp3) is 0.467. The maximum absolute atomic E-state index is 12.4. The molecule has 0 radical (unpaired) electrons. The van der Waals surface area contributed by atoms with Crippen LogP contribution in [0.15, 0.2) is 30.3 Å². The quantitative estimate of drug-likeness (QED) is 0.458. The van der Waals surface area contributed by atoms with Gasteiger partial charge < -0.3 is 4.74 Å². The van der Waals surface area contributed by atoms with Crippen molar-refractivity contribution in [2.45, 2.75) is 31.6 Å². The number of carbonyl (C=O) groups excluding carboxylic acids is 2. The summed E-state index contributed by atoms with van der Waals surface area (Å²) in [6.07, 6.45) is 3.35. The van der Waals surface area contributed by atoms with Gasteiger partial charge in [-0.15, -0.1) is 0 Å². The van der Waals surface area contributed by atoms with Crippen LogP contribution in [0.3, 0.4) is 0 Å². The zero-order valence-corrected chi connectivity index (χ0v) is 10.6. The molecule has 0 N–H and O–H groups in total. The summed E-state index contributed by atoms with van der Waals surface area (Å²) in [4.78, 5) is 24.1. The number of ether oxygens (including phenoxy) is 1. The maximum Gasteiger partial charge on any atom is 0.316 e. The third-order valence-electron chi connectivity index (χ3n) is 3.61. The van der Waals surface area contributed by atoms with Crippen molar-refractivity contribution in [1.82, 2.24) is 0 Å². The molecule has 0 heterocycles. The molecule has 0 amide bonds. The first-order chi connectivity index (χ1) is 8.74. The van der Waals surface area contributed by atoms with Crippen LogP contribution in [0.1, 0.15) is 37.2 Å². The second-order valence-corrected chi connectivity index (χ2v) is 4.73. The molecule has 1 fully saturated rings. The molecule has 0 unspecified atom stereocenters. The predicted octanol–water partition coefficient (Wildman–Crippen LogP) is 2.70. The zero-order chi connectivity index (χ0) is 13.0. The fourth-order valence-electron chi connectivity index (χ4n) is 2.62. The van der Waals surface area contributed by atoms with Crippen molar-refractivity contribution in [2.75, 3.05) is 7.11 Å². The summed E-state index contributed by atoms with van der Waals surface area (Å²) in [5, 5.41) is 0.